The van der Waals surface area contributed by atoms with Crippen LogP contribution in [-0.2, 0) is 7.05 Å². The van der Waals surface area contributed by atoms with E-state index in [1.54, 1.807) is 14.2 Å². The topological polar surface area (TPSA) is 48.3 Å². The van der Waals surface area contributed by atoms with Crippen molar-refractivity contribution in [1.82, 2.24) is 15.1 Å². The first-order valence-electron chi connectivity index (χ1n) is 6.92. The van der Waals surface area contributed by atoms with Crippen molar-refractivity contribution < 1.29 is 9.47 Å². The molecule has 0 saturated carbocycles. The van der Waals surface area contributed by atoms with Crippen LogP contribution < -0.4 is 14.8 Å². The van der Waals surface area contributed by atoms with Gasteiger partial charge in [0.1, 0.15) is 11.5 Å². The number of nitrogens with one attached hydrogen (secondary N) is 1. The van der Waals surface area contributed by atoms with Gasteiger partial charge in [0.2, 0.25) is 0 Å². The Kier molecular flexibility index (Phi) is 4.53. The molecular formula is C16H23N3O2. The van der Waals surface area contributed by atoms with Crippen LogP contribution in [-0.4, -0.2) is 31.0 Å². The van der Waals surface area contributed by atoms with Gasteiger partial charge in [-0.25, -0.2) is 0 Å². The van der Waals surface area contributed by atoms with Gasteiger partial charge in [0.05, 0.1) is 26.0 Å². The second-order valence-electron chi connectivity index (χ2n) is 5.08. The molecule has 2 aromatic rings. The molecule has 1 unspecified atom stereocenters. The van der Waals surface area contributed by atoms with Crippen LogP contribution in [0.15, 0.2) is 18.2 Å². The maximum Gasteiger partial charge on any atom is 0.122 e. The van der Waals surface area contributed by atoms with Crippen molar-refractivity contribution in [2.24, 2.45) is 7.05 Å². The van der Waals surface area contributed by atoms with E-state index in [1.807, 2.05) is 43.9 Å². The Bertz CT molecular complexity index is 612. The van der Waals surface area contributed by atoms with E-state index in [1.165, 1.54) is 5.56 Å². The number of hydrogen-bond acceptors (Lipinski definition) is 4. The summed E-state index contributed by atoms with van der Waals surface area (Å²) >= 11 is 0. The molecule has 0 radical (unpaired) electrons. The molecule has 5 heteroatoms. The molecular weight excluding hydrogens is 266 g/mol. The molecule has 0 aliphatic heterocycles. The molecule has 0 aliphatic rings. The van der Waals surface area contributed by atoms with E-state index in [2.05, 4.69) is 17.3 Å². The Morgan fingerprint density at radius 1 is 1.10 bits per heavy atom. The fourth-order valence-electron chi connectivity index (χ4n) is 2.68. The van der Waals surface area contributed by atoms with Crippen molar-refractivity contribution in [3.63, 3.8) is 0 Å². The molecule has 1 N–H and O–H groups in total. The van der Waals surface area contributed by atoms with Gasteiger partial charge in [0.25, 0.3) is 0 Å². The highest BCUT2D eigenvalue weighted by Crippen LogP contribution is 2.32. The van der Waals surface area contributed by atoms with Crippen LogP contribution >= 0.6 is 0 Å². The molecule has 5 nitrogen and oxygen atoms in total. The maximum absolute atomic E-state index is 5.36. The molecule has 0 amide bonds. The molecule has 0 fully saturated rings. The summed E-state index contributed by atoms with van der Waals surface area (Å²) in [5.74, 6) is 1.56. The minimum absolute atomic E-state index is 0.0442. The lowest BCUT2D eigenvalue weighted by Crippen LogP contribution is -2.19. The number of rotatable bonds is 5. The molecule has 1 atom stereocenters. The normalized spacial score (nSPS) is 12.3. The molecule has 21 heavy (non-hydrogen) atoms. The number of aryl methyl sites for hydroxylation is 2. The number of benzene rings is 1. The molecule has 114 valence electrons. The first-order chi connectivity index (χ1) is 10.0. The lowest BCUT2D eigenvalue weighted by atomic mass is 9.96. The molecule has 0 aliphatic carbocycles. The second-order valence-corrected chi connectivity index (χ2v) is 5.08. The number of ether oxygens (including phenoxy) is 2. The zero-order valence-corrected chi connectivity index (χ0v) is 13.5. The Hall–Kier alpha value is -2.01. The summed E-state index contributed by atoms with van der Waals surface area (Å²) in [4.78, 5) is 0. The van der Waals surface area contributed by atoms with Gasteiger partial charge >= 0.3 is 0 Å². The van der Waals surface area contributed by atoms with Crippen molar-refractivity contribution >= 4 is 0 Å². The Morgan fingerprint density at radius 2 is 1.67 bits per heavy atom. The quantitative estimate of drug-likeness (QED) is 0.918. The van der Waals surface area contributed by atoms with Crippen molar-refractivity contribution in [1.29, 1.82) is 0 Å². The third-order valence-corrected chi connectivity index (χ3v) is 3.85. The summed E-state index contributed by atoms with van der Waals surface area (Å²) in [5.41, 5.74) is 4.45. The Balaban J connectivity index is 2.55. The summed E-state index contributed by atoms with van der Waals surface area (Å²) in [5, 5.41) is 7.87. The van der Waals surface area contributed by atoms with Crippen molar-refractivity contribution in [2.45, 2.75) is 19.9 Å². The fraction of sp³-hybridized carbons (Fsp3) is 0.438. The average molecular weight is 289 g/mol. The maximum atomic E-state index is 5.36. The summed E-state index contributed by atoms with van der Waals surface area (Å²) in [6.07, 6.45) is 0. The summed E-state index contributed by atoms with van der Waals surface area (Å²) < 4.78 is 12.6. The Labute approximate surface area is 125 Å². The number of methoxy groups -OCH3 is 2. The van der Waals surface area contributed by atoms with Crippen molar-refractivity contribution in [3.05, 3.63) is 40.7 Å². The standard InChI is InChI=1S/C16H23N3O2/c1-10-15(11(2)19(4)18-10)16(17-3)12-7-13(20-5)9-14(8-12)21-6/h7-9,16-17H,1-6H3. The summed E-state index contributed by atoms with van der Waals surface area (Å²) in [7, 11) is 7.23. The molecule has 0 saturated heterocycles. The van der Waals surface area contributed by atoms with Crippen molar-refractivity contribution in [3.8, 4) is 11.5 Å². The average Bonchev–Trinajstić information content (AvgIpc) is 2.74. The number of nitrogens with zero attached hydrogens (tertiary/aromatic N) is 2. The smallest absolute Gasteiger partial charge is 0.122 e. The highest BCUT2D eigenvalue weighted by Gasteiger charge is 2.21. The predicted molar refractivity (Wildman–Crippen MR) is 83.1 cm³/mol. The van der Waals surface area contributed by atoms with Crippen molar-refractivity contribution in [2.75, 3.05) is 21.3 Å². The number of hydrogen-bond donors (Lipinski definition) is 1. The second kappa shape index (κ2) is 6.18. The van der Waals surface area contributed by atoms with Crippen LogP contribution in [0.1, 0.15) is 28.6 Å². The largest absolute Gasteiger partial charge is 0.497 e. The van der Waals surface area contributed by atoms with Crippen LogP contribution in [0, 0.1) is 13.8 Å². The molecule has 0 spiro atoms. The van der Waals surface area contributed by atoms with E-state index in [0.29, 0.717) is 0 Å². The third kappa shape index (κ3) is 2.88. The summed E-state index contributed by atoms with van der Waals surface area (Å²) in [6.45, 7) is 4.11. The van der Waals surface area contributed by atoms with Crippen LogP contribution in [0.25, 0.3) is 0 Å². The zero-order chi connectivity index (χ0) is 15.6. The van der Waals surface area contributed by atoms with Gasteiger partial charge in [-0.1, -0.05) is 0 Å². The fourth-order valence-corrected chi connectivity index (χ4v) is 2.68. The first kappa shape index (κ1) is 15.4. The Morgan fingerprint density at radius 3 is 2.05 bits per heavy atom. The van der Waals surface area contributed by atoms with Crippen LogP contribution in [0.2, 0.25) is 0 Å². The van der Waals surface area contributed by atoms with E-state index in [0.717, 1.165) is 28.5 Å². The minimum Gasteiger partial charge on any atom is -0.497 e. The predicted octanol–water partition coefficient (Wildman–Crippen LogP) is 2.36. The van der Waals surface area contributed by atoms with E-state index < -0.39 is 0 Å². The van der Waals surface area contributed by atoms with Gasteiger partial charge in [0, 0.05) is 24.4 Å². The highest BCUT2D eigenvalue weighted by atomic mass is 16.5. The first-order valence-corrected chi connectivity index (χ1v) is 6.92. The molecule has 1 aromatic heterocycles. The lowest BCUT2D eigenvalue weighted by Gasteiger charge is -2.19. The van der Waals surface area contributed by atoms with Gasteiger partial charge in [-0.2, -0.15) is 5.10 Å². The van der Waals surface area contributed by atoms with Gasteiger partial charge in [0.15, 0.2) is 0 Å². The van der Waals surface area contributed by atoms with Crippen LogP contribution in [0.3, 0.4) is 0 Å². The van der Waals surface area contributed by atoms with Gasteiger partial charge in [-0.05, 0) is 38.6 Å². The lowest BCUT2D eigenvalue weighted by molar-refractivity contribution is 0.392. The SMILES string of the molecule is CNC(c1cc(OC)cc(OC)c1)c1c(C)nn(C)c1C. The minimum atomic E-state index is 0.0442. The van der Waals surface area contributed by atoms with E-state index in [-0.39, 0.29) is 6.04 Å². The third-order valence-electron chi connectivity index (χ3n) is 3.85. The molecule has 0 bridgehead atoms. The molecule has 1 heterocycles. The van der Waals surface area contributed by atoms with Gasteiger partial charge < -0.3 is 14.8 Å². The number of aromatic nitrogens is 2. The van der Waals surface area contributed by atoms with E-state index in [9.17, 15) is 0 Å². The molecule has 2 rings (SSSR count). The molecule has 1 aromatic carbocycles. The monoisotopic (exact) mass is 289 g/mol. The van der Waals surface area contributed by atoms with E-state index >= 15 is 0 Å². The van der Waals surface area contributed by atoms with Gasteiger partial charge in [-0.15, -0.1) is 0 Å². The highest BCUT2D eigenvalue weighted by molar-refractivity contribution is 5.44. The zero-order valence-electron chi connectivity index (χ0n) is 13.5. The van der Waals surface area contributed by atoms with Crippen LogP contribution in [0.5, 0.6) is 11.5 Å². The summed E-state index contributed by atoms with van der Waals surface area (Å²) in [6, 6.07) is 5.97. The van der Waals surface area contributed by atoms with Crippen LogP contribution in [0.4, 0.5) is 0 Å². The van der Waals surface area contributed by atoms with Gasteiger partial charge in [-0.3, -0.25) is 4.68 Å². The van der Waals surface area contributed by atoms with E-state index in [4.69, 9.17) is 9.47 Å².